The van der Waals surface area contributed by atoms with Gasteiger partial charge in [-0.15, -0.1) is 0 Å². The van der Waals surface area contributed by atoms with Gasteiger partial charge >= 0.3 is 6.18 Å². The third-order valence-electron chi connectivity index (χ3n) is 3.43. The van der Waals surface area contributed by atoms with Gasteiger partial charge in [0.05, 0.1) is 5.56 Å². The lowest BCUT2D eigenvalue weighted by Crippen LogP contribution is -2.36. The zero-order valence-electron chi connectivity index (χ0n) is 9.10. The van der Waals surface area contributed by atoms with Crippen molar-refractivity contribution in [3.8, 4) is 5.75 Å². The molecule has 1 aromatic carbocycles. The van der Waals surface area contributed by atoms with E-state index in [1.165, 1.54) is 12.1 Å². The molecule has 1 unspecified atom stereocenters. The summed E-state index contributed by atoms with van der Waals surface area (Å²) >= 11 is 0. The first-order valence-electron chi connectivity index (χ1n) is 5.58. The highest BCUT2D eigenvalue weighted by Crippen LogP contribution is 2.41. The van der Waals surface area contributed by atoms with Gasteiger partial charge in [0.15, 0.2) is 0 Å². The summed E-state index contributed by atoms with van der Waals surface area (Å²) < 4.78 is 43.5. The summed E-state index contributed by atoms with van der Waals surface area (Å²) in [6.45, 7) is 1.57. The molecule has 0 bridgehead atoms. The van der Waals surface area contributed by atoms with Gasteiger partial charge in [0.25, 0.3) is 0 Å². The molecule has 0 amide bonds. The predicted octanol–water partition coefficient (Wildman–Crippen LogP) is 2.37. The van der Waals surface area contributed by atoms with Crippen molar-refractivity contribution >= 4 is 0 Å². The van der Waals surface area contributed by atoms with Crippen LogP contribution in [-0.4, -0.2) is 18.7 Å². The van der Waals surface area contributed by atoms with Crippen LogP contribution in [0.3, 0.4) is 0 Å². The second-order valence-corrected chi connectivity index (χ2v) is 4.71. The molecular weight excluding hydrogens is 231 g/mol. The molecule has 92 valence electrons. The molecule has 5 heteroatoms. The van der Waals surface area contributed by atoms with Crippen molar-refractivity contribution in [2.75, 3.05) is 13.1 Å². The van der Waals surface area contributed by atoms with E-state index < -0.39 is 11.7 Å². The lowest BCUT2D eigenvalue weighted by Gasteiger charge is -2.21. The maximum absolute atomic E-state index is 12.6. The van der Waals surface area contributed by atoms with Crippen LogP contribution in [0.15, 0.2) is 18.2 Å². The molecular formula is C12H12F3NO. The van der Waals surface area contributed by atoms with Crippen LogP contribution in [0.4, 0.5) is 13.2 Å². The molecule has 1 N–H and O–H groups in total. The fourth-order valence-corrected chi connectivity index (χ4v) is 2.57. The summed E-state index contributed by atoms with van der Waals surface area (Å²) in [6.07, 6.45) is -2.86. The van der Waals surface area contributed by atoms with Gasteiger partial charge in [-0.05, 0) is 30.3 Å². The fourth-order valence-electron chi connectivity index (χ4n) is 2.57. The van der Waals surface area contributed by atoms with Gasteiger partial charge in [-0.2, -0.15) is 13.2 Å². The first kappa shape index (κ1) is 10.9. The van der Waals surface area contributed by atoms with E-state index in [0.29, 0.717) is 24.3 Å². The molecule has 1 atom stereocenters. The molecule has 0 aliphatic carbocycles. The summed E-state index contributed by atoms with van der Waals surface area (Å²) in [7, 11) is 0. The van der Waals surface area contributed by atoms with Gasteiger partial charge in [0.1, 0.15) is 11.4 Å². The van der Waals surface area contributed by atoms with E-state index in [4.69, 9.17) is 4.74 Å². The van der Waals surface area contributed by atoms with Crippen LogP contribution in [0.2, 0.25) is 0 Å². The summed E-state index contributed by atoms with van der Waals surface area (Å²) in [5.41, 5.74) is -0.238. The third kappa shape index (κ3) is 1.78. The Morgan fingerprint density at radius 2 is 2.12 bits per heavy atom. The molecule has 17 heavy (non-hydrogen) atoms. The summed E-state index contributed by atoms with van der Waals surface area (Å²) in [5, 5.41) is 3.19. The Morgan fingerprint density at radius 1 is 1.29 bits per heavy atom. The Labute approximate surface area is 96.8 Å². The minimum atomic E-state index is -4.28. The van der Waals surface area contributed by atoms with Crippen molar-refractivity contribution < 1.29 is 17.9 Å². The molecule has 2 heterocycles. The quantitative estimate of drug-likeness (QED) is 0.755. The normalized spacial score (nSPS) is 27.2. The zero-order chi connectivity index (χ0) is 12.1. The van der Waals surface area contributed by atoms with Gasteiger partial charge in [0, 0.05) is 19.4 Å². The van der Waals surface area contributed by atoms with Crippen molar-refractivity contribution in [2.45, 2.75) is 24.6 Å². The number of hydrogen-bond donors (Lipinski definition) is 1. The first-order valence-corrected chi connectivity index (χ1v) is 5.58. The Kier molecular flexibility index (Phi) is 2.17. The van der Waals surface area contributed by atoms with Gasteiger partial charge in [0.2, 0.25) is 0 Å². The number of hydrogen-bond acceptors (Lipinski definition) is 2. The Bertz CT molecular complexity index is 450. The number of halogens is 3. The topological polar surface area (TPSA) is 21.3 Å². The number of ether oxygens (including phenoxy) is 1. The van der Waals surface area contributed by atoms with Crippen LogP contribution in [0, 0.1) is 0 Å². The van der Waals surface area contributed by atoms with Gasteiger partial charge in [-0.3, -0.25) is 0 Å². The van der Waals surface area contributed by atoms with Crippen molar-refractivity contribution in [2.24, 2.45) is 0 Å². The fraction of sp³-hybridized carbons (Fsp3) is 0.500. The van der Waals surface area contributed by atoms with E-state index in [2.05, 4.69) is 5.32 Å². The molecule has 1 aromatic rings. The zero-order valence-corrected chi connectivity index (χ0v) is 9.10. The van der Waals surface area contributed by atoms with Crippen molar-refractivity contribution in [1.29, 1.82) is 0 Å². The summed E-state index contributed by atoms with van der Waals surface area (Å²) in [6, 6.07) is 3.73. The van der Waals surface area contributed by atoms with Crippen LogP contribution in [-0.2, 0) is 12.6 Å². The molecule has 1 fully saturated rings. The molecule has 0 aromatic heterocycles. The number of alkyl halides is 3. The monoisotopic (exact) mass is 243 g/mol. The highest BCUT2D eigenvalue weighted by molar-refractivity contribution is 5.43. The maximum atomic E-state index is 12.6. The Morgan fingerprint density at radius 3 is 2.76 bits per heavy atom. The van der Waals surface area contributed by atoms with E-state index >= 15 is 0 Å². The molecule has 1 saturated heterocycles. The smallest absolute Gasteiger partial charge is 0.416 e. The molecule has 0 saturated carbocycles. The number of benzene rings is 1. The van der Waals surface area contributed by atoms with E-state index in [-0.39, 0.29) is 5.60 Å². The SMILES string of the molecule is FC(F)(F)c1ccc2c(c1)CC1(CCNC1)O2. The largest absolute Gasteiger partial charge is 0.485 e. The van der Waals surface area contributed by atoms with Crippen LogP contribution in [0.5, 0.6) is 5.75 Å². The van der Waals surface area contributed by atoms with Gasteiger partial charge in [-0.25, -0.2) is 0 Å². The minimum Gasteiger partial charge on any atom is -0.485 e. The number of rotatable bonds is 0. The van der Waals surface area contributed by atoms with E-state index in [9.17, 15) is 13.2 Å². The molecule has 0 radical (unpaired) electrons. The average Bonchev–Trinajstić information content (AvgIpc) is 2.82. The number of nitrogens with one attached hydrogen (secondary N) is 1. The molecule has 3 rings (SSSR count). The highest BCUT2D eigenvalue weighted by Gasteiger charge is 2.43. The standard InChI is InChI=1S/C12H12F3NO/c13-12(14,15)9-1-2-10-8(5-9)6-11(17-10)3-4-16-7-11/h1-2,5,16H,3-4,6-7H2. The highest BCUT2D eigenvalue weighted by atomic mass is 19.4. The number of fused-ring (bicyclic) bond motifs is 1. The molecule has 2 aliphatic rings. The lowest BCUT2D eigenvalue weighted by molar-refractivity contribution is -0.137. The van der Waals surface area contributed by atoms with E-state index in [1.807, 2.05) is 0 Å². The van der Waals surface area contributed by atoms with Crippen molar-refractivity contribution in [3.63, 3.8) is 0 Å². The summed E-state index contributed by atoms with van der Waals surface area (Å²) in [5.74, 6) is 0.599. The molecule has 2 nitrogen and oxygen atoms in total. The van der Waals surface area contributed by atoms with E-state index in [0.717, 1.165) is 19.0 Å². The van der Waals surface area contributed by atoms with Crippen molar-refractivity contribution in [3.05, 3.63) is 29.3 Å². The second kappa shape index (κ2) is 3.38. The van der Waals surface area contributed by atoms with Crippen molar-refractivity contribution in [1.82, 2.24) is 5.32 Å². The first-order chi connectivity index (χ1) is 7.99. The lowest BCUT2D eigenvalue weighted by atomic mass is 9.95. The molecule has 2 aliphatic heterocycles. The minimum absolute atomic E-state index is 0.313. The Balaban J connectivity index is 1.93. The van der Waals surface area contributed by atoms with Crippen LogP contribution < -0.4 is 10.1 Å². The molecule has 1 spiro atoms. The second-order valence-electron chi connectivity index (χ2n) is 4.71. The van der Waals surface area contributed by atoms with Gasteiger partial charge < -0.3 is 10.1 Å². The van der Waals surface area contributed by atoms with Crippen LogP contribution >= 0.6 is 0 Å². The predicted molar refractivity (Wildman–Crippen MR) is 56.0 cm³/mol. The maximum Gasteiger partial charge on any atom is 0.416 e. The third-order valence-corrected chi connectivity index (χ3v) is 3.43. The summed E-state index contributed by atoms with van der Waals surface area (Å²) in [4.78, 5) is 0. The van der Waals surface area contributed by atoms with Crippen LogP contribution in [0.1, 0.15) is 17.5 Å². The van der Waals surface area contributed by atoms with Gasteiger partial charge in [-0.1, -0.05) is 0 Å². The Hall–Kier alpha value is -1.23. The van der Waals surface area contributed by atoms with Crippen LogP contribution in [0.25, 0.3) is 0 Å². The average molecular weight is 243 g/mol. The van der Waals surface area contributed by atoms with E-state index in [1.54, 1.807) is 0 Å².